The van der Waals surface area contributed by atoms with Crippen LogP contribution < -0.4 is 14.8 Å². The van der Waals surface area contributed by atoms with Gasteiger partial charge in [-0.3, -0.25) is 10.1 Å². The number of amides is 1. The standard InChI is InChI=1S/C15H19N3O3S/c1-15(2,3)13-17-18-14(22-13)16-12(19)11-9(20-4)7-6-8-10(11)21-5/h6-8H,1-5H3,(H,16,18,19). The number of carbonyl (C=O) groups is 1. The Kier molecular flexibility index (Phi) is 4.65. The molecule has 6 nitrogen and oxygen atoms in total. The van der Waals surface area contributed by atoms with Gasteiger partial charge in [0.2, 0.25) is 5.13 Å². The summed E-state index contributed by atoms with van der Waals surface area (Å²) in [6.45, 7) is 6.13. The summed E-state index contributed by atoms with van der Waals surface area (Å²) in [5, 5.41) is 12.2. The largest absolute Gasteiger partial charge is 0.496 e. The molecule has 0 radical (unpaired) electrons. The number of carbonyl (C=O) groups excluding carboxylic acids is 1. The summed E-state index contributed by atoms with van der Waals surface area (Å²) in [5.41, 5.74) is 0.225. The van der Waals surface area contributed by atoms with Crippen LogP contribution in [0.25, 0.3) is 0 Å². The summed E-state index contributed by atoms with van der Waals surface area (Å²) in [5.74, 6) is 0.542. The molecule has 22 heavy (non-hydrogen) atoms. The Labute approximate surface area is 133 Å². The molecule has 2 aromatic rings. The highest BCUT2D eigenvalue weighted by Gasteiger charge is 2.22. The van der Waals surface area contributed by atoms with E-state index in [1.54, 1.807) is 18.2 Å². The summed E-state index contributed by atoms with van der Waals surface area (Å²) in [6, 6.07) is 5.17. The van der Waals surface area contributed by atoms with Crippen molar-refractivity contribution in [1.82, 2.24) is 10.2 Å². The quantitative estimate of drug-likeness (QED) is 0.936. The zero-order chi connectivity index (χ0) is 16.3. The number of benzene rings is 1. The summed E-state index contributed by atoms with van der Waals surface area (Å²) in [6.07, 6.45) is 0. The molecular formula is C15H19N3O3S. The first-order valence-corrected chi connectivity index (χ1v) is 7.54. The summed E-state index contributed by atoms with van der Waals surface area (Å²) in [4.78, 5) is 12.5. The molecule has 0 fully saturated rings. The zero-order valence-electron chi connectivity index (χ0n) is 13.3. The Bertz CT molecular complexity index is 655. The molecular weight excluding hydrogens is 302 g/mol. The van der Waals surface area contributed by atoms with E-state index in [0.29, 0.717) is 22.2 Å². The Morgan fingerprint density at radius 1 is 1.14 bits per heavy atom. The van der Waals surface area contributed by atoms with Gasteiger partial charge in [0.25, 0.3) is 5.91 Å². The maximum atomic E-state index is 12.5. The predicted octanol–water partition coefficient (Wildman–Crippen LogP) is 3.11. The molecule has 0 saturated heterocycles. The molecule has 0 saturated carbocycles. The smallest absolute Gasteiger partial charge is 0.265 e. The SMILES string of the molecule is COc1cccc(OC)c1C(=O)Nc1nnc(C(C)(C)C)s1. The van der Waals surface area contributed by atoms with Gasteiger partial charge in [0.05, 0.1) is 14.2 Å². The molecule has 7 heteroatoms. The summed E-state index contributed by atoms with van der Waals surface area (Å²) < 4.78 is 10.5. The number of aromatic nitrogens is 2. The molecule has 0 bridgehead atoms. The molecule has 0 aliphatic rings. The van der Waals surface area contributed by atoms with Gasteiger partial charge >= 0.3 is 0 Å². The van der Waals surface area contributed by atoms with Gasteiger partial charge in [-0.1, -0.05) is 38.2 Å². The lowest BCUT2D eigenvalue weighted by molar-refractivity contribution is 0.102. The topological polar surface area (TPSA) is 73.3 Å². The first kappa shape index (κ1) is 16.2. The van der Waals surface area contributed by atoms with Crippen molar-refractivity contribution in [3.8, 4) is 11.5 Å². The molecule has 2 rings (SSSR count). The molecule has 1 aromatic heterocycles. The van der Waals surface area contributed by atoms with Gasteiger partial charge in [-0.05, 0) is 12.1 Å². The van der Waals surface area contributed by atoms with E-state index in [4.69, 9.17) is 9.47 Å². The van der Waals surface area contributed by atoms with Crippen molar-refractivity contribution in [1.29, 1.82) is 0 Å². The molecule has 0 aliphatic heterocycles. The molecule has 1 aromatic carbocycles. The number of nitrogens with one attached hydrogen (secondary N) is 1. The van der Waals surface area contributed by atoms with Gasteiger partial charge in [-0.25, -0.2) is 0 Å². The number of methoxy groups -OCH3 is 2. The van der Waals surface area contributed by atoms with Crippen LogP contribution in [0.3, 0.4) is 0 Å². The van der Waals surface area contributed by atoms with Crippen LogP contribution in [-0.4, -0.2) is 30.3 Å². The minimum atomic E-state index is -0.342. The monoisotopic (exact) mass is 321 g/mol. The zero-order valence-corrected chi connectivity index (χ0v) is 14.1. The number of rotatable bonds is 4. The second kappa shape index (κ2) is 6.31. The lowest BCUT2D eigenvalue weighted by Gasteiger charge is -2.12. The van der Waals surface area contributed by atoms with E-state index in [0.717, 1.165) is 5.01 Å². The highest BCUT2D eigenvalue weighted by atomic mass is 32.1. The summed E-state index contributed by atoms with van der Waals surface area (Å²) >= 11 is 1.35. The average molecular weight is 321 g/mol. The third-order valence-corrected chi connectivity index (χ3v) is 4.21. The lowest BCUT2D eigenvalue weighted by atomic mass is 9.98. The van der Waals surface area contributed by atoms with Crippen molar-refractivity contribution >= 4 is 22.4 Å². The Morgan fingerprint density at radius 3 is 2.18 bits per heavy atom. The van der Waals surface area contributed by atoms with Gasteiger partial charge in [0.15, 0.2) is 0 Å². The van der Waals surface area contributed by atoms with Gasteiger partial charge in [-0.2, -0.15) is 0 Å². The first-order chi connectivity index (χ1) is 10.4. The molecule has 0 unspecified atom stereocenters. The van der Waals surface area contributed by atoms with Crippen molar-refractivity contribution in [2.45, 2.75) is 26.2 Å². The third kappa shape index (κ3) is 3.36. The van der Waals surface area contributed by atoms with Crippen molar-refractivity contribution in [2.75, 3.05) is 19.5 Å². The fourth-order valence-corrected chi connectivity index (χ4v) is 2.61. The van der Waals surface area contributed by atoms with Crippen molar-refractivity contribution in [3.63, 3.8) is 0 Å². The number of hydrogen-bond donors (Lipinski definition) is 1. The molecule has 1 amide bonds. The number of anilines is 1. The Balaban J connectivity index is 2.28. The first-order valence-electron chi connectivity index (χ1n) is 6.73. The van der Waals surface area contributed by atoms with Crippen molar-refractivity contribution < 1.29 is 14.3 Å². The molecule has 0 atom stereocenters. The number of hydrogen-bond acceptors (Lipinski definition) is 6. The molecule has 118 valence electrons. The van der Waals surface area contributed by atoms with Gasteiger partial charge in [0, 0.05) is 5.41 Å². The maximum absolute atomic E-state index is 12.5. The van der Waals surface area contributed by atoms with Crippen LogP contribution in [0.5, 0.6) is 11.5 Å². The van der Waals surface area contributed by atoms with Crippen LogP contribution in [0.2, 0.25) is 0 Å². The summed E-state index contributed by atoms with van der Waals surface area (Å²) in [7, 11) is 3.02. The van der Waals surface area contributed by atoms with Crippen molar-refractivity contribution in [2.24, 2.45) is 0 Å². The van der Waals surface area contributed by atoms with Crippen LogP contribution in [0.4, 0.5) is 5.13 Å². The second-order valence-corrected chi connectivity index (χ2v) is 6.63. The van der Waals surface area contributed by atoms with Gasteiger partial charge < -0.3 is 9.47 Å². The molecule has 1 heterocycles. The fraction of sp³-hybridized carbons (Fsp3) is 0.400. The van der Waals surface area contributed by atoms with E-state index in [2.05, 4.69) is 15.5 Å². The molecule has 0 spiro atoms. The van der Waals surface area contributed by atoms with E-state index in [1.807, 2.05) is 20.8 Å². The van der Waals surface area contributed by atoms with E-state index in [1.165, 1.54) is 25.6 Å². The number of ether oxygens (including phenoxy) is 2. The van der Waals surface area contributed by atoms with E-state index < -0.39 is 0 Å². The highest BCUT2D eigenvalue weighted by Crippen LogP contribution is 2.31. The van der Waals surface area contributed by atoms with Crippen LogP contribution >= 0.6 is 11.3 Å². The van der Waals surface area contributed by atoms with Gasteiger partial charge in [0.1, 0.15) is 22.1 Å². The maximum Gasteiger partial charge on any atom is 0.265 e. The van der Waals surface area contributed by atoms with Crippen LogP contribution in [0.1, 0.15) is 36.1 Å². The van der Waals surface area contributed by atoms with Crippen LogP contribution in [-0.2, 0) is 5.41 Å². The minimum Gasteiger partial charge on any atom is -0.496 e. The second-order valence-electron chi connectivity index (χ2n) is 5.65. The normalized spacial score (nSPS) is 11.1. The van der Waals surface area contributed by atoms with Crippen LogP contribution in [0.15, 0.2) is 18.2 Å². The molecule has 1 N–H and O–H groups in total. The van der Waals surface area contributed by atoms with E-state index in [-0.39, 0.29) is 11.3 Å². The highest BCUT2D eigenvalue weighted by molar-refractivity contribution is 7.15. The Morgan fingerprint density at radius 2 is 1.73 bits per heavy atom. The fourth-order valence-electron chi connectivity index (χ4n) is 1.81. The van der Waals surface area contributed by atoms with Crippen molar-refractivity contribution in [3.05, 3.63) is 28.8 Å². The average Bonchev–Trinajstić information content (AvgIpc) is 2.94. The predicted molar refractivity (Wildman–Crippen MR) is 86.1 cm³/mol. The molecule has 0 aliphatic carbocycles. The van der Waals surface area contributed by atoms with E-state index in [9.17, 15) is 4.79 Å². The third-order valence-electron chi connectivity index (χ3n) is 2.94. The Hall–Kier alpha value is -2.15. The van der Waals surface area contributed by atoms with E-state index >= 15 is 0 Å². The minimum absolute atomic E-state index is 0.108. The number of nitrogens with zero attached hydrogens (tertiary/aromatic N) is 2. The lowest BCUT2D eigenvalue weighted by Crippen LogP contribution is -2.14. The van der Waals surface area contributed by atoms with Gasteiger partial charge in [-0.15, -0.1) is 10.2 Å². The van der Waals surface area contributed by atoms with Crippen LogP contribution in [0, 0.1) is 0 Å².